The zero-order chi connectivity index (χ0) is 12.3. The summed E-state index contributed by atoms with van der Waals surface area (Å²) in [7, 11) is 1.31. The van der Waals surface area contributed by atoms with Crippen LogP contribution in [0.2, 0.25) is 0 Å². The van der Waals surface area contributed by atoms with Gasteiger partial charge in [-0.3, -0.25) is 0 Å². The average Bonchev–Trinajstić information content (AvgIpc) is 2.26. The Bertz CT molecular complexity index is 395. The zero-order valence-electron chi connectivity index (χ0n) is 8.49. The summed E-state index contributed by atoms with van der Waals surface area (Å²) in [5, 5.41) is 27.3. The number of nitrogens with zero attached hydrogens (tertiary/aromatic N) is 1. The van der Waals surface area contributed by atoms with Crippen LogP contribution in [0.25, 0.3) is 0 Å². The molecule has 1 rings (SSSR count). The number of carbonyl (C=O) groups is 1. The molecule has 2 atom stereocenters. The number of pyridine rings is 1. The smallest absolute Gasteiger partial charge is 0.335 e. The van der Waals surface area contributed by atoms with Crippen molar-refractivity contribution >= 4 is 11.7 Å². The molecule has 0 aliphatic carbocycles. The Morgan fingerprint density at radius 3 is 2.69 bits per heavy atom. The van der Waals surface area contributed by atoms with E-state index in [-0.39, 0.29) is 17.1 Å². The maximum absolute atomic E-state index is 10.5. The van der Waals surface area contributed by atoms with E-state index in [9.17, 15) is 15.0 Å². The van der Waals surface area contributed by atoms with Crippen LogP contribution in [0, 0.1) is 0 Å². The Balaban J connectivity index is 3.10. The highest BCUT2D eigenvalue weighted by molar-refractivity contribution is 5.73. The van der Waals surface area contributed by atoms with E-state index in [0.717, 1.165) is 0 Å². The third-order valence-electron chi connectivity index (χ3n) is 1.96. The summed E-state index contributed by atoms with van der Waals surface area (Å²) in [4.78, 5) is 14.2. The van der Waals surface area contributed by atoms with Gasteiger partial charge in [-0.2, -0.15) is 0 Å². The Labute approximate surface area is 91.1 Å². The van der Waals surface area contributed by atoms with Crippen molar-refractivity contribution in [1.82, 2.24) is 4.98 Å². The highest BCUT2D eigenvalue weighted by atomic mass is 16.5. The van der Waals surface area contributed by atoms with Gasteiger partial charge >= 0.3 is 5.97 Å². The van der Waals surface area contributed by atoms with E-state index in [4.69, 9.17) is 15.6 Å². The lowest BCUT2D eigenvalue weighted by Crippen LogP contribution is -2.28. The Morgan fingerprint density at radius 2 is 2.19 bits per heavy atom. The molecule has 0 aliphatic heterocycles. The average molecular weight is 228 g/mol. The van der Waals surface area contributed by atoms with Crippen molar-refractivity contribution < 1.29 is 24.9 Å². The summed E-state index contributed by atoms with van der Waals surface area (Å²) in [6, 6.07) is 1.29. The molecule has 0 radical (unpaired) electrons. The first kappa shape index (κ1) is 12.2. The highest BCUT2D eigenvalue weighted by Crippen LogP contribution is 2.27. The third kappa shape index (κ3) is 2.38. The van der Waals surface area contributed by atoms with E-state index in [0.29, 0.717) is 0 Å². The summed E-state index contributed by atoms with van der Waals surface area (Å²) in [5.41, 5.74) is 5.69. The molecule has 1 aromatic rings. The van der Waals surface area contributed by atoms with E-state index in [2.05, 4.69) is 4.98 Å². The molecule has 0 bridgehead atoms. The van der Waals surface area contributed by atoms with Crippen molar-refractivity contribution in [3.05, 3.63) is 17.8 Å². The minimum Gasteiger partial charge on any atom is -0.481 e. The predicted octanol–water partition coefficient (Wildman–Crippen LogP) is -0.849. The van der Waals surface area contributed by atoms with Crippen LogP contribution in [0.5, 0.6) is 5.88 Å². The molecular weight excluding hydrogens is 216 g/mol. The number of nitrogens with two attached hydrogens (primary N) is 1. The minimum absolute atomic E-state index is 0.0157. The van der Waals surface area contributed by atoms with Crippen LogP contribution in [-0.4, -0.2) is 39.5 Å². The van der Waals surface area contributed by atoms with Gasteiger partial charge in [-0.05, 0) is 6.07 Å². The van der Waals surface area contributed by atoms with Gasteiger partial charge in [-0.25, -0.2) is 9.78 Å². The van der Waals surface area contributed by atoms with Gasteiger partial charge in [-0.15, -0.1) is 0 Å². The first-order valence-corrected chi connectivity index (χ1v) is 4.35. The molecular formula is C9H12N2O5. The minimum atomic E-state index is -1.96. The third-order valence-corrected chi connectivity index (χ3v) is 1.96. The molecule has 0 spiro atoms. The molecule has 0 amide bonds. The van der Waals surface area contributed by atoms with Gasteiger partial charge in [0.2, 0.25) is 5.88 Å². The quantitative estimate of drug-likeness (QED) is 0.528. The van der Waals surface area contributed by atoms with Gasteiger partial charge < -0.3 is 25.8 Å². The van der Waals surface area contributed by atoms with Crippen LogP contribution in [0.4, 0.5) is 5.69 Å². The Hall–Kier alpha value is -1.86. The molecule has 7 nitrogen and oxygen atoms in total. The van der Waals surface area contributed by atoms with Crippen molar-refractivity contribution in [2.45, 2.75) is 12.2 Å². The van der Waals surface area contributed by atoms with Crippen molar-refractivity contribution in [2.24, 2.45) is 0 Å². The number of carboxylic acid groups (broad SMARTS) is 1. The van der Waals surface area contributed by atoms with Gasteiger partial charge in [-0.1, -0.05) is 0 Å². The van der Waals surface area contributed by atoms with Crippen molar-refractivity contribution in [3.8, 4) is 5.88 Å². The number of carboxylic acids is 1. The number of hydrogen-bond donors (Lipinski definition) is 4. The highest BCUT2D eigenvalue weighted by Gasteiger charge is 2.28. The number of aliphatic hydroxyl groups is 2. The second-order valence-electron chi connectivity index (χ2n) is 3.10. The van der Waals surface area contributed by atoms with Crippen LogP contribution >= 0.6 is 0 Å². The van der Waals surface area contributed by atoms with Gasteiger partial charge in [0, 0.05) is 5.56 Å². The summed E-state index contributed by atoms with van der Waals surface area (Å²) in [6.07, 6.45) is -2.32. The molecule has 0 aliphatic rings. The first-order chi connectivity index (χ1) is 7.47. The number of ether oxygens (including phenoxy) is 1. The van der Waals surface area contributed by atoms with Gasteiger partial charge in [0.25, 0.3) is 0 Å². The number of aromatic nitrogens is 1. The maximum atomic E-state index is 10.5. The van der Waals surface area contributed by atoms with E-state index < -0.39 is 18.2 Å². The zero-order valence-corrected chi connectivity index (χ0v) is 8.49. The van der Waals surface area contributed by atoms with Crippen LogP contribution in [0.3, 0.4) is 0 Å². The fraction of sp³-hybridized carbons (Fsp3) is 0.333. The molecule has 7 heteroatoms. The molecule has 1 heterocycles. The predicted molar refractivity (Wildman–Crippen MR) is 53.8 cm³/mol. The molecule has 88 valence electrons. The number of anilines is 1. The Morgan fingerprint density at radius 1 is 1.56 bits per heavy atom. The number of nitrogen functional groups attached to an aromatic ring is 1. The standard InChI is InChI=1S/C9H12N2O5/c1-16-8-5(2-4(10)3-11-8)6(12)7(13)9(14)15/h2-3,6-7,12-13H,10H2,1H3,(H,14,15). The van der Waals surface area contributed by atoms with Crippen molar-refractivity contribution in [3.63, 3.8) is 0 Å². The van der Waals surface area contributed by atoms with Crippen LogP contribution in [-0.2, 0) is 4.79 Å². The summed E-state index contributed by atoms with van der Waals surface area (Å²) in [6.45, 7) is 0. The van der Waals surface area contributed by atoms with E-state index in [1.807, 2.05) is 0 Å². The van der Waals surface area contributed by atoms with Crippen molar-refractivity contribution in [2.75, 3.05) is 12.8 Å². The Kier molecular flexibility index (Phi) is 3.64. The number of hydrogen-bond acceptors (Lipinski definition) is 6. The molecule has 0 saturated carbocycles. The number of rotatable bonds is 4. The van der Waals surface area contributed by atoms with E-state index >= 15 is 0 Å². The fourth-order valence-electron chi connectivity index (χ4n) is 1.17. The molecule has 1 aromatic heterocycles. The summed E-state index contributed by atoms with van der Waals surface area (Å²) >= 11 is 0. The molecule has 0 fully saturated rings. The van der Waals surface area contributed by atoms with Crippen LogP contribution in [0.1, 0.15) is 11.7 Å². The normalized spacial score (nSPS) is 14.2. The first-order valence-electron chi connectivity index (χ1n) is 4.35. The molecule has 0 saturated heterocycles. The van der Waals surface area contributed by atoms with Gasteiger partial charge in [0.1, 0.15) is 6.10 Å². The molecule has 16 heavy (non-hydrogen) atoms. The lowest BCUT2D eigenvalue weighted by Gasteiger charge is -2.16. The fourth-order valence-corrected chi connectivity index (χ4v) is 1.17. The number of aliphatic carboxylic acids is 1. The molecule has 0 aromatic carbocycles. The lowest BCUT2D eigenvalue weighted by molar-refractivity contribution is -0.153. The second kappa shape index (κ2) is 4.77. The van der Waals surface area contributed by atoms with Crippen LogP contribution in [0.15, 0.2) is 12.3 Å². The molecule has 5 N–H and O–H groups in total. The monoisotopic (exact) mass is 228 g/mol. The van der Waals surface area contributed by atoms with Crippen LogP contribution < -0.4 is 10.5 Å². The second-order valence-corrected chi connectivity index (χ2v) is 3.10. The largest absolute Gasteiger partial charge is 0.481 e. The summed E-state index contributed by atoms with van der Waals surface area (Å²) < 4.78 is 4.82. The lowest BCUT2D eigenvalue weighted by atomic mass is 10.1. The van der Waals surface area contributed by atoms with E-state index in [1.54, 1.807) is 0 Å². The molecule has 2 unspecified atom stereocenters. The van der Waals surface area contributed by atoms with Gasteiger partial charge in [0.05, 0.1) is 19.0 Å². The van der Waals surface area contributed by atoms with Crippen molar-refractivity contribution in [1.29, 1.82) is 0 Å². The number of aliphatic hydroxyl groups excluding tert-OH is 2. The van der Waals surface area contributed by atoms with E-state index in [1.165, 1.54) is 19.4 Å². The summed E-state index contributed by atoms with van der Waals surface area (Å²) in [5.74, 6) is -1.53. The topological polar surface area (TPSA) is 126 Å². The SMILES string of the molecule is COc1ncc(N)cc1C(O)C(O)C(=O)O. The van der Waals surface area contributed by atoms with Gasteiger partial charge in [0.15, 0.2) is 6.10 Å². The number of methoxy groups -OCH3 is 1. The maximum Gasteiger partial charge on any atom is 0.335 e.